The normalized spacial score (nSPS) is 12.7. The van der Waals surface area contributed by atoms with Crippen molar-refractivity contribution in [1.82, 2.24) is 4.98 Å². The van der Waals surface area contributed by atoms with Crippen molar-refractivity contribution in [1.29, 1.82) is 5.26 Å². The molecule has 2 heterocycles. The first-order chi connectivity index (χ1) is 11.2. The minimum absolute atomic E-state index is 0.270. The zero-order chi connectivity index (χ0) is 16.2. The third-order valence-electron chi connectivity index (χ3n) is 3.40. The Morgan fingerprint density at radius 1 is 1.39 bits per heavy atom. The van der Waals surface area contributed by atoms with Crippen molar-refractivity contribution >= 4 is 12.6 Å². The van der Waals surface area contributed by atoms with E-state index < -0.39 is 7.12 Å². The topological polar surface area (TPSA) is 84.6 Å². The maximum Gasteiger partial charge on any atom is 0.491 e. The number of benzene rings is 1. The molecule has 0 amide bonds. The van der Waals surface area contributed by atoms with Crippen molar-refractivity contribution in [2.24, 2.45) is 0 Å². The number of fused-ring (bicyclic) bond motifs is 1. The van der Waals surface area contributed by atoms with Gasteiger partial charge in [0.05, 0.1) is 13.2 Å². The van der Waals surface area contributed by atoms with E-state index in [4.69, 9.17) is 19.4 Å². The van der Waals surface area contributed by atoms with Crippen LogP contribution < -0.4 is 14.9 Å². The summed E-state index contributed by atoms with van der Waals surface area (Å²) in [5.41, 5.74) is 2.00. The molecule has 0 radical (unpaired) electrons. The second-order valence-corrected chi connectivity index (χ2v) is 5.09. The van der Waals surface area contributed by atoms with Crippen LogP contribution in [0.15, 0.2) is 30.3 Å². The van der Waals surface area contributed by atoms with Crippen LogP contribution in [0.5, 0.6) is 17.5 Å². The number of hydrogen-bond donors (Lipinski definition) is 1. The van der Waals surface area contributed by atoms with Gasteiger partial charge in [0.1, 0.15) is 17.4 Å². The third kappa shape index (κ3) is 3.28. The molecule has 116 valence electrons. The van der Waals surface area contributed by atoms with Crippen molar-refractivity contribution in [3.63, 3.8) is 0 Å². The molecular formula is C16H15BN2O4. The van der Waals surface area contributed by atoms with E-state index in [1.165, 1.54) is 0 Å². The van der Waals surface area contributed by atoms with E-state index in [0.29, 0.717) is 30.4 Å². The Kier molecular flexibility index (Phi) is 4.46. The predicted molar refractivity (Wildman–Crippen MR) is 83.6 cm³/mol. The first-order valence-electron chi connectivity index (χ1n) is 7.35. The predicted octanol–water partition coefficient (Wildman–Crippen LogP) is 1.75. The van der Waals surface area contributed by atoms with Gasteiger partial charge >= 0.3 is 7.12 Å². The lowest BCUT2D eigenvalue weighted by molar-refractivity contribution is 0.275. The van der Waals surface area contributed by atoms with Crippen molar-refractivity contribution in [2.45, 2.75) is 20.0 Å². The number of aromatic nitrogens is 1. The summed E-state index contributed by atoms with van der Waals surface area (Å²) < 4.78 is 16.3. The molecule has 1 aromatic carbocycles. The quantitative estimate of drug-likeness (QED) is 0.847. The van der Waals surface area contributed by atoms with Gasteiger partial charge in [0.2, 0.25) is 11.8 Å². The van der Waals surface area contributed by atoms with Gasteiger partial charge in [-0.15, -0.1) is 0 Å². The Bertz CT molecular complexity index is 760. The van der Waals surface area contributed by atoms with Gasteiger partial charge in [-0.2, -0.15) is 10.2 Å². The van der Waals surface area contributed by atoms with E-state index in [-0.39, 0.29) is 5.88 Å². The zero-order valence-corrected chi connectivity index (χ0v) is 12.7. The molecule has 0 spiro atoms. The summed E-state index contributed by atoms with van der Waals surface area (Å²) in [6, 6.07) is 10.6. The summed E-state index contributed by atoms with van der Waals surface area (Å²) >= 11 is 0. The van der Waals surface area contributed by atoms with E-state index in [2.05, 4.69) is 4.98 Å². The number of nitriles is 1. The lowest BCUT2D eigenvalue weighted by Crippen LogP contribution is -2.27. The van der Waals surface area contributed by atoms with E-state index >= 15 is 0 Å². The first-order valence-corrected chi connectivity index (χ1v) is 7.35. The van der Waals surface area contributed by atoms with Crippen LogP contribution in [-0.4, -0.2) is 23.7 Å². The molecule has 0 atom stereocenters. The fourth-order valence-electron chi connectivity index (χ4n) is 2.26. The van der Waals surface area contributed by atoms with Crippen LogP contribution in [-0.2, 0) is 11.3 Å². The highest BCUT2D eigenvalue weighted by Crippen LogP contribution is 2.25. The molecule has 1 aliphatic heterocycles. The first kappa shape index (κ1) is 15.3. The van der Waals surface area contributed by atoms with Crippen LogP contribution in [0.4, 0.5) is 0 Å². The second-order valence-electron chi connectivity index (χ2n) is 5.09. The molecule has 2 aromatic rings. The highest BCUT2D eigenvalue weighted by atomic mass is 16.5. The van der Waals surface area contributed by atoms with Crippen LogP contribution in [0.3, 0.4) is 0 Å². The lowest BCUT2D eigenvalue weighted by atomic mass is 9.80. The van der Waals surface area contributed by atoms with Gasteiger partial charge in [-0.1, -0.05) is 13.0 Å². The molecular weight excluding hydrogens is 295 g/mol. The number of rotatable bonds is 5. The third-order valence-corrected chi connectivity index (χ3v) is 3.40. The van der Waals surface area contributed by atoms with E-state index in [1.807, 2.05) is 13.0 Å². The monoisotopic (exact) mass is 310 g/mol. The maximum atomic E-state index is 9.62. The fraction of sp³-hybridized carbons (Fsp3) is 0.250. The average molecular weight is 310 g/mol. The average Bonchev–Trinajstić information content (AvgIpc) is 2.94. The zero-order valence-electron chi connectivity index (χ0n) is 12.7. The summed E-state index contributed by atoms with van der Waals surface area (Å²) in [5.74, 6) is 1.20. The van der Waals surface area contributed by atoms with Crippen LogP contribution in [0.25, 0.3) is 0 Å². The van der Waals surface area contributed by atoms with Crippen molar-refractivity contribution < 1.29 is 19.2 Å². The standard InChI is InChI=1S/C16H15BN2O4/c1-2-7-21-16-11(9-18)3-6-15(19-16)23-13-4-5-14-12(8-13)10-22-17(14)20/h3-6,8,20H,2,7,10H2,1H3. The summed E-state index contributed by atoms with van der Waals surface area (Å²) in [6.45, 7) is 2.81. The second kappa shape index (κ2) is 6.69. The molecule has 0 aliphatic carbocycles. The minimum atomic E-state index is -0.874. The molecule has 7 heteroatoms. The smallest absolute Gasteiger partial charge is 0.477 e. The van der Waals surface area contributed by atoms with Gasteiger partial charge in [0.15, 0.2) is 0 Å². The molecule has 23 heavy (non-hydrogen) atoms. The van der Waals surface area contributed by atoms with Gasteiger partial charge in [0.25, 0.3) is 0 Å². The molecule has 0 saturated carbocycles. The van der Waals surface area contributed by atoms with Gasteiger partial charge in [-0.3, -0.25) is 0 Å². The van der Waals surface area contributed by atoms with Crippen LogP contribution in [0.1, 0.15) is 24.5 Å². The summed E-state index contributed by atoms with van der Waals surface area (Å²) in [4.78, 5) is 4.24. The molecule has 0 bridgehead atoms. The number of pyridine rings is 1. The molecule has 3 rings (SSSR count). The highest BCUT2D eigenvalue weighted by Gasteiger charge is 2.27. The maximum absolute atomic E-state index is 9.62. The Morgan fingerprint density at radius 3 is 3.04 bits per heavy atom. The van der Waals surface area contributed by atoms with Gasteiger partial charge in [-0.05, 0) is 35.6 Å². The molecule has 0 saturated heterocycles. The van der Waals surface area contributed by atoms with Crippen molar-refractivity contribution in [2.75, 3.05) is 6.61 Å². The number of hydrogen-bond acceptors (Lipinski definition) is 6. The summed E-state index contributed by atoms with van der Waals surface area (Å²) in [6.07, 6.45) is 0.824. The number of nitrogens with zero attached hydrogens (tertiary/aromatic N) is 2. The number of ether oxygens (including phenoxy) is 2. The SMILES string of the molecule is CCCOc1nc(Oc2ccc3c(c2)COB3O)ccc1C#N. The van der Waals surface area contributed by atoms with Crippen molar-refractivity contribution in [3.8, 4) is 23.6 Å². The Balaban J connectivity index is 1.81. The minimum Gasteiger partial charge on any atom is -0.477 e. The molecule has 1 N–H and O–H groups in total. The van der Waals surface area contributed by atoms with E-state index in [0.717, 1.165) is 17.4 Å². The largest absolute Gasteiger partial charge is 0.491 e. The molecule has 0 fully saturated rings. The van der Waals surface area contributed by atoms with Gasteiger partial charge < -0.3 is 19.2 Å². The summed E-state index contributed by atoms with van der Waals surface area (Å²) in [5, 5.41) is 18.7. The fourth-order valence-corrected chi connectivity index (χ4v) is 2.26. The van der Waals surface area contributed by atoms with E-state index in [9.17, 15) is 5.02 Å². The van der Waals surface area contributed by atoms with Crippen LogP contribution in [0, 0.1) is 11.3 Å². The van der Waals surface area contributed by atoms with Crippen LogP contribution in [0.2, 0.25) is 0 Å². The van der Waals surface area contributed by atoms with E-state index in [1.54, 1.807) is 30.3 Å². The lowest BCUT2D eigenvalue weighted by Gasteiger charge is -2.09. The summed E-state index contributed by atoms with van der Waals surface area (Å²) in [7, 11) is -0.874. The molecule has 1 aromatic heterocycles. The molecule has 0 unspecified atom stereocenters. The highest BCUT2D eigenvalue weighted by molar-refractivity contribution is 6.61. The Morgan fingerprint density at radius 2 is 2.26 bits per heavy atom. The van der Waals surface area contributed by atoms with Gasteiger partial charge in [-0.25, -0.2) is 0 Å². The Hall–Kier alpha value is -2.56. The Labute approximate surface area is 134 Å². The van der Waals surface area contributed by atoms with Crippen LogP contribution >= 0.6 is 0 Å². The molecule has 1 aliphatic rings. The molecule has 6 nitrogen and oxygen atoms in total. The van der Waals surface area contributed by atoms with Crippen molar-refractivity contribution in [3.05, 3.63) is 41.5 Å². The van der Waals surface area contributed by atoms with Gasteiger partial charge in [0, 0.05) is 6.07 Å².